The smallest absolute Gasteiger partial charge is 0.325 e. The van der Waals surface area contributed by atoms with Gasteiger partial charge in [-0.2, -0.15) is 4.98 Å². The molecule has 2 aliphatic heterocycles. The minimum atomic E-state index is -0.276. The Morgan fingerprint density at radius 3 is 2.78 bits per heavy atom. The van der Waals surface area contributed by atoms with Crippen LogP contribution in [0.1, 0.15) is 36.1 Å². The van der Waals surface area contributed by atoms with Crippen molar-refractivity contribution in [2.45, 2.75) is 32.8 Å². The number of amides is 2. The van der Waals surface area contributed by atoms with Crippen LogP contribution < -0.4 is 10.2 Å². The normalized spacial score (nSPS) is 20.1. The topological polar surface area (TPSA) is 96.6 Å². The summed E-state index contributed by atoms with van der Waals surface area (Å²) in [5, 5.41) is 2.71. The molecule has 2 saturated heterocycles. The number of aryl methyl sites for hydroxylation is 2. The average Bonchev–Trinajstić information content (AvgIpc) is 3.32. The molecule has 2 fully saturated rings. The highest BCUT2D eigenvalue weighted by atomic mass is 16.5. The van der Waals surface area contributed by atoms with Crippen molar-refractivity contribution in [1.82, 2.24) is 19.9 Å². The Balaban J connectivity index is 1.43. The van der Waals surface area contributed by atoms with Crippen LogP contribution in [0.15, 0.2) is 16.7 Å². The maximum Gasteiger partial charge on any atom is 0.325 e. The molecular weight excluding hydrogens is 348 g/mol. The quantitative estimate of drug-likeness (QED) is 0.883. The van der Waals surface area contributed by atoms with Crippen molar-refractivity contribution in [1.29, 1.82) is 0 Å². The van der Waals surface area contributed by atoms with Crippen molar-refractivity contribution in [3.63, 3.8) is 0 Å². The van der Waals surface area contributed by atoms with Gasteiger partial charge in [-0.25, -0.2) is 14.8 Å². The summed E-state index contributed by atoms with van der Waals surface area (Å²) in [6.07, 6.45) is 3.82. The largest absolute Gasteiger partial charge is 0.428 e. The number of hydrogen-bond acceptors (Lipinski definition) is 7. The number of carbonyl (C=O) groups is 1. The zero-order chi connectivity index (χ0) is 18.8. The average molecular weight is 372 g/mol. The third-order valence-corrected chi connectivity index (χ3v) is 4.98. The molecule has 2 aromatic rings. The maximum absolute atomic E-state index is 12.6. The van der Waals surface area contributed by atoms with E-state index in [-0.39, 0.29) is 18.1 Å². The van der Waals surface area contributed by atoms with Gasteiger partial charge in [-0.1, -0.05) is 0 Å². The van der Waals surface area contributed by atoms with E-state index in [9.17, 15) is 4.79 Å². The van der Waals surface area contributed by atoms with Gasteiger partial charge < -0.3 is 19.0 Å². The van der Waals surface area contributed by atoms with Gasteiger partial charge in [-0.3, -0.25) is 5.32 Å². The van der Waals surface area contributed by atoms with Crippen LogP contribution in [-0.2, 0) is 4.74 Å². The predicted octanol–water partition coefficient (Wildman–Crippen LogP) is 2.29. The van der Waals surface area contributed by atoms with Gasteiger partial charge in [-0.05, 0) is 32.8 Å². The highest BCUT2D eigenvalue weighted by Crippen LogP contribution is 2.24. The van der Waals surface area contributed by atoms with Crippen molar-refractivity contribution in [2.24, 2.45) is 0 Å². The molecular formula is C18H24N6O3. The number of nitrogens with one attached hydrogen (secondary N) is 1. The minimum absolute atomic E-state index is 0.219. The summed E-state index contributed by atoms with van der Waals surface area (Å²) in [7, 11) is 0. The molecule has 2 aromatic heterocycles. The van der Waals surface area contributed by atoms with Crippen LogP contribution >= 0.6 is 0 Å². The first-order valence-electron chi connectivity index (χ1n) is 9.29. The van der Waals surface area contributed by atoms with E-state index >= 15 is 0 Å². The highest BCUT2D eigenvalue weighted by molar-refractivity contribution is 5.87. The fourth-order valence-electron chi connectivity index (χ4n) is 3.32. The summed E-state index contributed by atoms with van der Waals surface area (Å²) >= 11 is 0. The van der Waals surface area contributed by atoms with Crippen LogP contribution in [0.3, 0.4) is 0 Å². The van der Waals surface area contributed by atoms with E-state index in [0.29, 0.717) is 25.5 Å². The van der Waals surface area contributed by atoms with Crippen molar-refractivity contribution < 1.29 is 13.9 Å². The summed E-state index contributed by atoms with van der Waals surface area (Å²) in [6, 6.07) is 1.82. The van der Waals surface area contributed by atoms with Gasteiger partial charge in [0.15, 0.2) is 0 Å². The number of oxazole rings is 1. The van der Waals surface area contributed by atoms with E-state index in [1.54, 1.807) is 11.1 Å². The molecule has 4 heterocycles. The summed E-state index contributed by atoms with van der Waals surface area (Å²) in [5.41, 5.74) is 1.56. The number of ether oxygens (including phenoxy) is 1. The molecule has 0 spiro atoms. The molecule has 1 atom stereocenters. The van der Waals surface area contributed by atoms with Gasteiger partial charge in [0.2, 0.25) is 5.95 Å². The number of carbonyl (C=O) groups excluding carboxylic acids is 1. The number of nitrogens with zero attached hydrogens (tertiary/aromatic N) is 5. The van der Waals surface area contributed by atoms with Crippen LogP contribution in [0.2, 0.25) is 0 Å². The lowest BCUT2D eigenvalue weighted by molar-refractivity contribution is -0.0158. The Morgan fingerprint density at radius 1 is 1.22 bits per heavy atom. The molecule has 9 nitrogen and oxygen atoms in total. The molecule has 2 amide bonds. The van der Waals surface area contributed by atoms with Gasteiger partial charge in [-0.15, -0.1) is 0 Å². The molecule has 0 radical (unpaired) electrons. The van der Waals surface area contributed by atoms with Crippen LogP contribution in [0.25, 0.3) is 0 Å². The Kier molecular flexibility index (Phi) is 4.93. The number of hydrogen-bond donors (Lipinski definition) is 1. The van der Waals surface area contributed by atoms with E-state index in [4.69, 9.17) is 9.15 Å². The van der Waals surface area contributed by atoms with Crippen molar-refractivity contribution in [2.75, 3.05) is 43.0 Å². The standard InChI is InChI=1S/C18H24N6O3/c1-12-13(2)27-17(20-12)22-18(25)24-9-10-26-15(11-24)14-5-6-19-16(21-14)23-7-3-4-8-23/h5-6,15H,3-4,7-11H2,1-2H3,(H,20,22,25). The monoisotopic (exact) mass is 372 g/mol. The van der Waals surface area contributed by atoms with Gasteiger partial charge in [0.25, 0.3) is 0 Å². The predicted molar refractivity (Wildman–Crippen MR) is 98.7 cm³/mol. The number of rotatable bonds is 3. The molecule has 144 valence electrons. The molecule has 2 aliphatic rings. The molecule has 1 unspecified atom stereocenters. The van der Waals surface area contributed by atoms with Crippen LogP contribution in [0.5, 0.6) is 0 Å². The summed E-state index contributed by atoms with van der Waals surface area (Å²) in [6.45, 7) is 7.00. The van der Waals surface area contributed by atoms with E-state index < -0.39 is 0 Å². The first-order chi connectivity index (χ1) is 13.1. The van der Waals surface area contributed by atoms with Gasteiger partial charge in [0.05, 0.1) is 24.5 Å². The Hall–Kier alpha value is -2.68. The van der Waals surface area contributed by atoms with Gasteiger partial charge in [0, 0.05) is 25.8 Å². The molecule has 9 heteroatoms. The fourth-order valence-corrected chi connectivity index (χ4v) is 3.32. The van der Waals surface area contributed by atoms with Crippen molar-refractivity contribution in [3.05, 3.63) is 29.4 Å². The molecule has 0 aromatic carbocycles. The lowest BCUT2D eigenvalue weighted by Gasteiger charge is -2.32. The van der Waals surface area contributed by atoms with Crippen LogP contribution in [-0.4, -0.2) is 58.7 Å². The maximum atomic E-state index is 12.6. The van der Waals surface area contributed by atoms with E-state index in [0.717, 1.165) is 30.4 Å². The second-order valence-corrected chi connectivity index (χ2v) is 6.87. The fraction of sp³-hybridized carbons (Fsp3) is 0.556. The van der Waals surface area contributed by atoms with Crippen LogP contribution in [0, 0.1) is 13.8 Å². The SMILES string of the molecule is Cc1nc(NC(=O)N2CCOC(c3ccnc(N4CCCC4)n3)C2)oc1C. The van der Waals surface area contributed by atoms with Crippen LogP contribution in [0.4, 0.5) is 16.8 Å². The third kappa shape index (κ3) is 3.87. The lowest BCUT2D eigenvalue weighted by atomic mass is 10.2. The van der Waals surface area contributed by atoms with E-state index in [1.807, 2.05) is 19.9 Å². The first kappa shape index (κ1) is 17.7. The number of aromatic nitrogens is 3. The first-order valence-corrected chi connectivity index (χ1v) is 9.29. The number of urea groups is 1. The van der Waals surface area contributed by atoms with Crippen molar-refractivity contribution in [3.8, 4) is 0 Å². The summed E-state index contributed by atoms with van der Waals surface area (Å²) in [5.74, 6) is 1.43. The second-order valence-electron chi connectivity index (χ2n) is 6.87. The second kappa shape index (κ2) is 7.51. The Morgan fingerprint density at radius 2 is 2.04 bits per heavy atom. The van der Waals surface area contributed by atoms with Crippen molar-refractivity contribution >= 4 is 18.0 Å². The lowest BCUT2D eigenvalue weighted by Crippen LogP contribution is -2.44. The number of morpholine rings is 1. The molecule has 27 heavy (non-hydrogen) atoms. The summed E-state index contributed by atoms with van der Waals surface area (Å²) < 4.78 is 11.3. The number of anilines is 2. The molecule has 0 saturated carbocycles. The van der Waals surface area contributed by atoms with Gasteiger partial charge >= 0.3 is 12.0 Å². The Bertz CT molecular complexity index is 798. The zero-order valence-electron chi connectivity index (χ0n) is 15.6. The summed E-state index contributed by atoms with van der Waals surface area (Å²) in [4.78, 5) is 29.7. The molecule has 0 bridgehead atoms. The minimum Gasteiger partial charge on any atom is -0.428 e. The zero-order valence-corrected chi connectivity index (χ0v) is 15.6. The third-order valence-electron chi connectivity index (χ3n) is 4.98. The highest BCUT2D eigenvalue weighted by Gasteiger charge is 2.28. The van der Waals surface area contributed by atoms with E-state index in [1.165, 1.54) is 12.8 Å². The molecule has 1 N–H and O–H groups in total. The van der Waals surface area contributed by atoms with E-state index in [2.05, 4.69) is 25.2 Å². The Labute approximate surface area is 157 Å². The van der Waals surface area contributed by atoms with Gasteiger partial charge in [0.1, 0.15) is 11.9 Å². The molecule has 4 rings (SSSR count). The molecule has 0 aliphatic carbocycles.